The minimum Gasteiger partial charge on any atom is -0.326 e. The number of halogens is 3. The Balaban J connectivity index is 1.70. The van der Waals surface area contributed by atoms with Crippen LogP contribution < -0.4 is 5.32 Å². The molecule has 1 amide bonds. The van der Waals surface area contributed by atoms with Gasteiger partial charge in [-0.1, -0.05) is 6.07 Å². The molecule has 0 bridgehead atoms. The fourth-order valence-electron chi connectivity index (χ4n) is 2.45. The Kier molecular flexibility index (Phi) is 5.36. The van der Waals surface area contributed by atoms with Crippen LogP contribution in [-0.2, 0) is 17.4 Å². The first-order chi connectivity index (χ1) is 12.4. The molecular formula is C17H15F3N4OS. The van der Waals surface area contributed by atoms with Crippen molar-refractivity contribution in [1.82, 2.24) is 14.8 Å². The Morgan fingerprint density at radius 2 is 2.12 bits per heavy atom. The van der Waals surface area contributed by atoms with E-state index in [0.717, 1.165) is 17.4 Å². The maximum absolute atomic E-state index is 13.4. The number of rotatable bonds is 6. The molecule has 9 heteroatoms. The monoisotopic (exact) mass is 380 g/mol. The summed E-state index contributed by atoms with van der Waals surface area (Å²) in [6, 6.07) is 7.51. The van der Waals surface area contributed by atoms with Gasteiger partial charge in [0.1, 0.15) is 12.7 Å². The number of nitrogens with one attached hydrogen (secondary N) is 1. The standard InChI is InChI=1S/C17H15F3N4OS/c18-17(19,20)14-9-12(24-11-21-10-22-24)6-7-15(14)23-16(25)5-1-3-13-4-2-8-26-13/h2,4,6-11H,1,3,5H2,(H,23,25). The zero-order chi connectivity index (χ0) is 18.6. The van der Waals surface area contributed by atoms with Crippen molar-refractivity contribution in [2.24, 2.45) is 0 Å². The van der Waals surface area contributed by atoms with E-state index < -0.39 is 17.6 Å². The zero-order valence-electron chi connectivity index (χ0n) is 13.5. The van der Waals surface area contributed by atoms with Crippen LogP contribution in [0.4, 0.5) is 18.9 Å². The van der Waals surface area contributed by atoms with Crippen LogP contribution in [0.5, 0.6) is 0 Å². The smallest absolute Gasteiger partial charge is 0.326 e. The first-order valence-electron chi connectivity index (χ1n) is 7.82. The number of carbonyl (C=O) groups is 1. The van der Waals surface area contributed by atoms with E-state index in [1.807, 2.05) is 17.5 Å². The van der Waals surface area contributed by atoms with Gasteiger partial charge in [-0.25, -0.2) is 9.67 Å². The van der Waals surface area contributed by atoms with Crippen LogP contribution in [0.2, 0.25) is 0 Å². The van der Waals surface area contributed by atoms with Gasteiger partial charge in [0.25, 0.3) is 0 Å². The minimum atomic E-state index is -4.60. The molecule has 0 saturated heterocycles. The average Bonchev–Trinajstić information content (AvgIpc) is 3.28. The predicted octanol–water partition coefficient (Wildman–Crippen LogP) is 4.31. The summed E-state index contributed by atoms with van der Waals surface area (Å²) in [5.74, 6) is -0.444. The number of thiophene rings is 1. The Hall–Kier alpha value is -2.68. The van der Waals surface area contributed by atoms with Crippen molar-refractivity contribution in [2.75, 3.05) is 5.32 Å². The molecular weight excluding hydrogens is 365 g/mol. The molecule has 0 atom stereocenters. The summed E-state index contributed by atoms with van der Waals surface area (Å²) in [4.78, 5) is 16.9. The predicted molar refractivity (Wildman–Crippen MR) is 92.2 cm³/mol. The van der Waals surface area contributed by atoms with E-state index in [4.69, 9.17) is 0 Å². The average molecular weight is 380 g/mol. The van der Waals surface area contributed by atoms with Gasteiger partial charge in [-0.3, -0.25) is 4.79 Å². The summed E-state index contributed by atoms with van der Waals surface area (Å²) < 4.78 is 41.3. The summed E-state index contributed by atoms with van der Waals surface area (Å²) in [6.07, 6.45) is -0.613. The second-order valence-electron chi connectivity index (χ2n) is 5.55. The van der Waals surface area contributed by atoms with Gasteiger partial charge in [0.05, 0.1) is 16.9 Å². The van der Waals surface area contributed by atoms with E-state index >= 15 is 0 Å². The van der Waals surface area contributed by atoms with Gasteiger partial charge in [0.15, 0.2) is 0 Å². The minimum absolute atomic E-state index is 0.153. The number of hydrogen-bond acceptors (Lipinski definition) is 4. The lowest BCUT2D eigenvalue weighted by Crippen LogP contribution is -2.17. The van der Waals surface area contributed by atoms with Crippen molar-refractivity contribution in [3.05, 3.63) is 58.8 Å². The van der Waals surface area contributed by atoms with E-state index in [-0.39, 0.29) is 17.8 Å². The molecule has 0 aliphatic carbocycles. The van der Waals surface area contributed by atoms with Gasteiger partial charge in [-0.05, 0) is 42.5 Å². The number of aromatic nitrogens is 3. The van der Waals surface area contributed by atoms with Crippen LogP contribution in [0.15, 0.2) is 48.4 Å². The van der Waals surface area contributed by atoms with Gasteiger partial charge in [0.2, 0.25) is 5.91 Å². The summed E-state index contributed by atoms with van der Waals surface area (Å²) in [6.45, 7) is 0. The number of alkyl halides is 3. The number of nitrogens with zero attached hydrogens (tertiary/aromatic N) is 3. The summed E-state index contributed by atoms with van der Waals surface area (Å²) in [5.41, 5.74) is -0.967. The van der Waals surface area contributed by atoms with Crippen LogP contribution in [0.3, 0.4) is 0 Å². The molecule has 3 rings (SSSR count). The second kappa shape index (κ2) is 7.69. The fourth-order valence-corrected chi connectivity index (χ4v) is 3.20. The largest absolute Gasteiger partial charge is 0.418 e. The number of carbonyl (C=O) groups excluding carboxylic acids is 1. The highest BCUT2D eigenvalue weighted by Crippen LogP contribution is 2.36. The van der Waals surface area contributed by atoms with Crippen LogP contribution in [-0.4, -0.2) is 20.7 Å². The van der Waals surface area contributed by atoms with Crippen LogP contribution in [0.1, 0.15) is 23.3 Å². The quantitative estimate of drug-likeness (QED) is 0.693. The highest BCUT2D eigenvalue weighted by Gasteiger charge is 2.34. The molecule has 2 aromatic heterocycles. The third kappa shape index (κ3) is 4.48. The molecule has 136 valence electrons. The molecule has 2 heterocycles. The van der Waals surface area contributed by atoms with Crippen molar-refractivity contribution < 1.29 is 18.0 Å². The van der Waals surface area contributed by atoms with Crippen molar-refractivity contribution in [3.63, 3.8) is 0 Å². The third-order valence-corrected chi connectivity index (χ3v) is 4.61. The summed E-state index contributed by atoms with van der Waals surface area (Å²) in [7, 11) is 0. The first-order valence-corrected chi connectivity index (χ1v) is 8.70. The van der Waals surface area contributed by atoms with Gasteiger partial charge >= 0.3 is 6.18 Å². The van der Waals surface area contributed by atoms with E-state index in [1.165, 1.54) is 29.5 Å². The topological polar surface area (TPSA) is 59.8 Å². The number of anilines is 1. The van der Waals surface area contributed by atoms with Crippen molar-refractivity contribution >= 4 is 22.9 Å². The molecule has 0 spiro atoms. The highest BCUT2D eigenvalue weighted by molar-refractivity contribution is 7.09. The fraction of sp³-hybridized carbons (Fsp3) is 0.235. The highest BCUT2D eigenvalue weighted by atomic mass is 32.1. The molecule has 0 unspecified atom stereocenters. The molecule has 0 aliphatic heterocycles. The lowest BCUT2D eigenvalue weighted by atomic mass is 10.1. The van der Waals surface area contributed by atoms with E-state index in [1.54, 1.807) is 11.3 Å². The lowest BCUT2D eigenvalue weighted by molar-refractivity contribution is -0.137. The van der Waals surface area contributed by atoms with Crippen molar-refractivity contribution in [2.45, 2.75) is 25.4 Å². The van der Waals surface area contributed by atoms with Crippen LogP contribution in [0, 0.1) is 0 Å². The van der Waals surface area contributed by atoms with E-state index in [0.29, 0.717) is 6.42 Å². The van der Waals surface area contributed by atoms with E-state index in [2.05, 4.69) is 15.4 Å². The third-order valence-electron chi connectivity index (χ3n) is 3.67. The molecule has 26 heavy (non-hydrogen) atoms. The normalized spacial score (nSPS) is 11.5. The maximum atomic E-state index is 13.4. The molecule has 0 aliphatic rings. The Labute approximate surface area is 151 Å². The number of benzene rings is 1. The van der Waals surface area contributed by atoms with Crippen molar-refractivity contribution in [1.29, 1.82) is 0 Å². The number of hydrogen-bond donors (Lipinski definition) is 1. The number of amides is 1. The van der Waals surface area contributed by atoms with Crippen LogP contribution >= 0.6 is 11.3 Å². The molecule has 0 radical (unpaired) electrons. The maximum Gasteiger partial charge on any atom is 0.418 e. The molecule has 5 nitrogen and oxygen atoms in total. The zero-order valence-corrected chi connectivity index (χ0v) is 14.3. The van der Waals surface area contributed by atoms with Crippen LogP contribution in [0.25, 0.3) is 5.69 Å². The van der Waals surface area contributed by atoms with Gasteiger partial charge in [-0.15, -0.1) is 11.3 Å². The molecule has 0 fully saturated rings. The molecule has 1 N–H and O–H groups in total. The molecule has 1 aromatic carbocycles. The first kappa shape index (κ1) is 18.1. The van der Waals surface area contributed by atoms with E-state index in [9.17, 15) is 18.0 Å². The Morgan fingerprint density at radius 1 is 1.27 bits per heavy atom. The second-order valence-corrected chi connectivity index (χ2v) is 6.58. The lowest BCUT2D eigenvalue weighted by Gasteiger charge is -2.15. The Morgan fingerprint density at radius 3 is 2.77 bits per heavy atom. The van der Waals surface area contributed by atoms with Gasteiger partial charge in [-0.2, -0.15) is 18.3 Å². The molecule has 0 saturated carbocycles. The van der Waals surface area contributed by atoms with Gasteiger partial charge in [0, 0.05) is 11.3 Å². The SMILES string of the molecule is O=C(CCCc1cccs1)Nc1ccc(-n2cncn2)cc1C(F)(F)F. The summed E-state index contributed by atoms with van der Waals surface area (Å²) in [5, 5.41) is 8.13. The Bertz CT molecular complexity index is 861. The van der Waals surface area contributed by atoms with Gasteiger partial charge < -0.3 is 5.32 Å². The molecule has 3 aromatic rings. The van der Waals surface area contributed by atoms with Crippen molar-refractivity contribution in [3.8, 4) is 5.69 Å². The summed E-state index contributed by atoms with van der Waals surface area (Å²) >= 11 is 1.59. The number of aryl methyl sites for hydroxylation is 1.